The van der Waals surface area contributed by atoms with Crippen LogP contribution in [-0.4, -0.2) is 0 Å². The van der Waals surface area contributed by atoms with Crippen LogP contribution in [0.2, 0.25) is 0 Å². The Hall–Kier alpha value is 0.391. The first-order valence-electron chi connectivity index (χ1n) is 2.49. The summed E-state index contributed by atoms with van der Waals surface area (Å²) in [5.74, 6) is 0. The number of nitrogen functional groups attached to an aromatic ring is 2. The molecule has 0 aliphatic heterocycles. The van der Waals surface area contributed by atoms with Crippen LogP contribution < -0.4 is 11.5 Å². The van der Waals surface area contributed by atoms with Crippen LogP contribution in [0.25, 0.3) is 0 Å². The molecule has 0 aliphatic carbocycles. The minimum absolute atomic E-state index is 0.642. The first-order valence-corrected chi connectivity index (χ1v) is 3.50. The van der Waals surface area contributed by atoms with Gasteiger partial charge in [0.1, 0.15) is 0 Å². The second kappa shape index (κ2) is 2.99. The van der Waals surface area contributed by atoms with E-state index in [9.17, 15) is 0 Å². The van der Waals surface area contributed by atoms with Crippen molar-refractivity contribution >= 4 is 11.4 Å². The molecule has 1 aromatic rings. The van der Waals surface area contributed by atoms with E-state index in [-0.39, 0.29) is 0 Å². The Labute approximate surface area is 86.3 Å². The minimum atomic E-state index is 0.642. The third-order valence-electron chi connectivity index (χ3n) is 1.04. The molecule has 0 spiro atoms. The topological polar surface area (TPSA) is 52.0 Å². The van der Waals surface area contributed by atoms with Crippen LogP contribution in [0.5, 0.6) is 0 Å². The summed E-state index contributed by atoms with van der Waals surface area (Å²) in [7, 11) is 0. The molecule has 0 saturated heterocycles. The van der Waals surface area contributed by atoms with Gasteiger partial charge in [-0.05, 0) is 0 Å². The molecule has 0 unspecified atom stereocenters. The van der Waals surface area contributed by atoms with E-state index in [1.54, 1.807) is 6.07 Å². The monoisotopic (exact) mass is 239 g/mol. The molecule has 0 fully saturated rings. The van der Waals surface area contributed by atoms with E-state index in [4.69, 9.17) is 11.5 Å². The maximum absolute atomic E-state index is 5.48. The zero-order valence-electron chi connectivity index (χ0n) is 4.74. The molecular weight excluding hydrogens is 231 g/mol. The Morgan fingerprint density at radius 2 is 1.78 bits per heavy atom. The van der Waals surface area contributed by atoms with Gasteiger partial charge in [0.2, 0.25) is 0 Å². The standard InChI is InChI=1S/C6H7N2Xe/c7-5-2-1-4(9)3-6(5)8/h1-3H,7-8H2. The summed E-state index contributed by atoms with van der Waals surface area (Å²) in [6.45, 7) is 0. The molecule has 2 nitrogen and oxygen atoms in total. The van der Waals surface area contributed by atoms with E-state index in [1.807, 2.05) is 12.1 Å². The van der Waals surface area contributed by atoms with Crippen molar-refractivity contribution in [3.05, 3.63) is 18.2 Å². The number of rotatable bonds is 0. The third-order valence-corrected chi connectivity index (χ3v) is 1.67. The third kappa shape index (κ3) is 1.91. The fraction of sp³-hybridized carbons (Fsp3) is 0. The fourth-order valence-electron chi connectivity index (χ4n) is 0.540. The predicted octanol–water partition coefficient (Wildman–Crippen LogP) is 0.0256. The van der Waals surface area contributed by atoms with Gasteiger partial charge in [-0.15, -0.1) is 0 Å². The number of anilines is 2. The molecule has 0 saturated carbocycles. The Kier molecular flexibility index (Phi) is 2.49. The van der Waals surface area contributed by atoms with Crippen molar-refractivity contribution in [1.82, 2.24) is 0 Å². The molecule has 0 heterocycles. The molecule has 0 atom stereocenters. The van der Waals surface area contributed by atoms with Crippen molar-refractivity contribution in [1.29, 1.82) is 0 Å². The van der Waals surface area contributed by atoms with Crippen LogP contribution in [0.4, 0.5) is 11.4 Å². The Morgan fingerprint density at radius 1 is 1.11 bits per heavy atom. The van der Waals surface area contributed by atoms with Crippen LogP contribution in [-0.2, 0) is 0 Å². The average Bonchev–Trinajstić information content (AvgIpc) is 1.80. The van der Waals surface area contributed by atoms with Crippen LogP contribution in [0.1, 0.15) is 0 Å². The normalized spacial score (nSPS) is 9.44. The summed E-state index contributed by atoms with van der Waals surface area (Å²) in [5.41, 5.74) is 12.2. The van der Waals surface area contributed by atoms with Gasteiger partial charge in [0.05, 0.1) is 0 Å². The number of hydrogen-bond acceptors (Lipinski definition) is 2. The van der Waals surface area contributed by atoms with Gasteiger partial charge in [0.25, 0.3) is 0 Å². The predicted molar refractivity (Wildman–Crippen MR) is 34.9 cm³/mol. The zero-order chi connectivity index (χ0) is 6.85. The average molecular weight is 238 g/mol. The van der Waals surface area contributed by atoms with Gasteiger partial charge in [-0.3, -0.25) is 0 Å². The van der Waals surface area contributed by atoms with Gasteiger partial charge in [-0.2, -0.15) is 0 Å². The molecule has 0 bridgehead atoms. The Balaban J connectivity index is 3.17. The van der Waals surface area contributed by atoms with Crippen molar-refractivity contribution < 1.29 is 46.5 Å². The summed E-state index contributed by atoms with van der Waals surface area (Å²) < 4.78 is 1.07. The van der Waals surface area contributed by atoms with Gasteiger partial charge >= 0.3 is 87.6 Å². The van der Waals surface area contributed by atoms with E-state index < -0.39 is 0 Å². The summed E-state index contributed by atoms with van der Waals surface area (Å²) in [5, 5.41) is 0. The van der Waals surface area contributed by atoms with Gasteiger partial charge in [-0.25, -0.2) is 0 Å². The number of hydrogen-bond donors (Lipinski definition) is 2. The SMILES string of the molecule is Nc1ccc([Xe])cc1N. The first-order chi connectivity index (χ1) is 4.20. The Morgan fingerprint density at radius 3 is 2.22 bits per heavy atom. The van der Waals surface area contributed by atoms with Crippen molar-refractivity contribution in [3.8, 4) is 0 Å². The fourth-order valence-corrected chi connectivity index (χ4v) is 1.02. The number of benzene rings is 1. The first kappa shape index (κ1) is 7.50. The van der Waals surface area contributed by atoms with Gasteiger partial charge < -0.3 is 0 Å². The Bertz CT molecular complexity index is 222. The molecule has 3 heteroatoms. The molecule has 1 aromatic carbocycles. The quantitative estimate of drug-likeness (QED) is 0.626. The molecule has 0 aliphatic rings. The van der Waals surface area contributed by atoms with E-state index in [2.05, 4.69) is 46.5 Å². The van der Waals surface area contributed by atoms with E-state index in [0.717, 1.165) is 0.0314 Å². The van der Waals surface area contributed by atoms with Crippen LogP contribution >= 0.6 is 0 Å². The van der Waals surface area contributed by atoms with Crippen molar-refractivity contribution in [2.24, 2.45) is 0 Å². The molecule has 4 N–H and O–H groups in total. The van der Waals surface area contributed by atoms with Crippen molar-refractivity contribution in [3.63, 3.8) is 0 Å². The van der Waals surface area contributed by atoms with Gasteiger partial charge in [0.15, 0.2) is 0 Å². The second-order valence-electron chi connectivity index (χ2n) is 1.76. The van der Waals surface area contributed by atoms with Gasteiger partial charge in [-0.1, -0.05) is 0 Å². The number of nitrogens with two attached hydrogens (primary N) is 2. The second-order valence-corrected chi connectivity index (χ2v) is 2.92. The summed E-state index contributed by atoms with van der Waals surface area (Å²) in [6.07, 6.45) is 0. The maximum atomic E-state index is 5.48. The molecular formula is C6H7N2Xe. The summed E-state index contributed by atoms with van der Waals surface area (Å²) in [6, 6.07) is 5.52. The van der Waals surface area contributed by atoms with E-state index >= 15 is 0 Å². The van der Waals surface area contributed by atoms with Crippen LogP contribution in [0.15, 0.2) is 18.2 Å². The zero-order valence-corrected chi connectivity index (χ0v) is 6.76. The molecule has 9 heavy (non-hydrogen) atoms. The summed E-state index contributed by atoms with van der Waals surface area (Å²) >= 11 is 2.46. The van der Waals surface area contributed by atoms with Crippen LogP contribution in [0, 0.1) is 46.5 Å². The van der Waals surface area contributed by atoms with Crippen LogP contribution in [0.3, 0.4) is 0 Å². The van der Waals surface area contributed by atoms with E-state index in [1.165, 1.54) is 0 Å². The molecule has 49 valence electrons. The molecule has 0 amide bonds. The molecule has 1 radical (unpaired) electrons. The van der Waals surface area contributed by atoms with Crippen molar-refractivity contribution in [2.45, 2.75) is 0 Å². The molecule has 0 aromatic heterocycles. The van der Waals surface area contributed by atoms with Gasteiger partial charge in [0, 0.05) is 0 Å². The van der Waals surface area contributed by atoms with E-state index in [0.29, 0.717) is 11.4 Å². The van der Waals surface area contributed by atoms with Crippen molar-refractivity contribution in [2.75, 3.05) is 11.5 Å². The molecule has 1 rings (SSSR count). The summed E-state index contributed by atoms with van der Waals surface area (Å²) in [4.78, 5) is 0.